The van der Waals surface area contributed by atoms with Crippen LogP contribution in [0.4, 0.5) is 5.69 Å². The molecule has 98 valence electrons. The summed E-state index contributed by atoms with van der Waals surface area (Å²) in [5, 5.41) is 6.77. The van der Waals surface area contributed by atoms with Crippen molar-refractivity contribution in [3.63, 3.8) is 0 Å². The smallest absolute Gasteiger partial charge is 0.259 e. The molecule has 0 saturated carbocycles. The summed E-state index contributed by atoms with van der Waals surface area (Å²) < 4.78 is 5.99. The first-order chi connectivity index (χ1) is 9.24. The molecule has 0 atom stereocenters. The van der Waals surface area contributed by atoms with Crippen LogP contribution in [0.1, 0.15) is 5.76 Å². The SMILES string of the molecule is O=C(CNc1cccc(Br)c1)N/N=C/c1ccco1. The van der Waals surface area contributed by atoms with E-state index in [9.17, 15) is 4.79 Å². The number of hydrazone groups is 1. The zero-order valence-electron chi connectivity index (χ0n) is 9.97. The van der Waals surface area contributed by atoms with E-state index in [0.717, 1.165) is 10.2 Å². The van der Waals surface area contributed by atoms with E-state index in [-0.39, 0.29) is 12.5 Å². The zero-order valence-corrected chi connectivity index (χ0v) is 11.6. The number of amides is 1. The molecular formula is C13H12BrN3O2. The van der Waals surface area contributed by atoms with Crippen molar-refractivity contribution in [3.05, 3.63) is 52.9 Å². The van der Waals surface area contributed by atoms with E-state index in [0.29, 0.717) is 5.76 Å². The molecule has 1 aromatic carbocycles. The second kappa shape index (κ2) is 6.75. The number of nitrogens with one attached hydrogen (secondary N) is 2. The molecule has 0 fully saturated rings. The molecule has 0 aliphatic rings. The molecule has 2 rings (SSSR count). The summed E-state index contributed by atoms with van der Waals surface area (Å²) in [5.74, 6) is 0.350. The van der Waals surface area contributed by atoms with Crippen LogP contribution in [0.15, 0.2) is 56.7 Å². The predicted molar refractivity (Wildman–Crippen MR) is 77.1 cm³/mol. The highest BCUT2D eigenvalue weighted by molar-refractivity contribution is 9.10. The Morgan fingerprint density at radius 1 is 1.37 bits per heavy atom. The molecule has 1 heterocycles. The van der Waals surface area contributed by atoms with E-state index < -0.39 is 0 Å². The van der Waals surface area contributed by atoms with Crippen molar-refractivity contribution in [1.29, 1.82) is 0 Å². The normalized spacial score (nSPS) is 10.6. The number of halogens is 1. The van der Waals surface area contributed by atoms with Gasteiger partial charge in [-0.2, -0.15) is 5.10 Å². The minimum Gasteiger partial charge on any atom is -0.463 e. The van der Waals surface area contributed by atoms with E-state index in [1.54, 1.807) is 12.1 Å². The van der Waals surface area contributed by atoms with E-state index in [1.165, 1.54) is 12.5 Å². The number of rotatable bonds is 5. The minimum atomic E-state index is -0.234. The number of hydrogen-bond acceptors (Lipinski definition) is 4. The summed E-state index contributed by atoms with van der Waals surface area (Å²) in [4.78, 5) is 11.5. The average Bonchev–Trinajstić information content (AvgIpc) is 2.90. The van der Waals surface area contributed by atoms with E-state index in [1.807, 2.05) is 24.3 Å². The van der Waals surface area contributed by atoms with Crippen molar-refractivity contribution in [3.8, 4) is 0 Å². The maximum absolute atomic E-state index is 11.5. The molecule has 19 heavy (non-hydrogen) atoms. The van der Waals surface area contributed by atoms with Crippen molar-refractivity contribution in [2.45, 2.75) is 0 Å². The fraction of sp³-hybridized carbons (Fsp3) is 0.0769. The van der Waals surface area contributed by atoms with Crippen molar-refractivity contribution in [2.24, 2.45) is 5.10 Å². The molecule has 2 N–H and O–H groups in total. The molecule has 0 radical (unpaired) electrons. The number of benzene rings is 1. The summed E-state index contributed by atoms with van der Waals surface area (Å²) in [6.07, 6.45) is 2.98. The van der Waals surface area contributed by atoms with Gasteiger partial charge >= 0.3 is 0 Å². The fourth-order valence-corrected chi connectivity index (χ4v) is 1.75. The van der Waals surface area contributed by atoms with Crippen molar-refractivity contribution in [2.75, 3.05) is 11.9 Å². The number of anilines is 1. The quantitative estimate of drug-likeness (QED) is 0.657. The van der Waals surface area contributed by atoms with Gasteiger partial charge in [0.1, 0.15) is 5.76 Å². The summed E-state index contributed by atoms with van der Waals surface area (Å²) >= 11 is 3.36. The van der Waals surface area contributed by atoms with Gasteiger partial charge in [-0.05, 0) is 30.3 Å². The Bertz CT molecular complexity index is 567. The fourth-order valence-electron chi connectivity index (χ4n) is 1.35. The third-order valence-corrected chi connectivity index (χ3v) is 2.70. The second-order valence-electron chi connectivity index (χ2n) is 3.67. The lowest BCUT2D eigenvalue weighted by molar-refractivity contribution is -0.119. The largest absolute Gasteiger partial charge is 0.463 e. The summed E-state index contributed by atoms with van der Waals surface area (Å²) in [6.45, 7) is 0.145. The summed E-state index contributed by atoms with van der Waals surface area (Å²) in [6, 6.07) is 11.1. The Kier molecular flexibility index (Phi) is 4.74. The lowest BCUT2D eigenvalue weighted by Gasteiger charge is -2.05. The first kappa shape index (κ1) is 13.4. The first-order valence-electron chi connectivity index (χ1n) is 5.59. The number of carbonyl (C=O) groups is 1. The van der Waals surface area contributed by atoms with Gasteiger partial charge in [0, 0.05) is 10.2 Å². The topological polar surface area (TPSA) is 66.6 Å². The molecule has 1 amide bonds. The number of nitrogens with zero attached hydrogens (tertiary/aromatic N) is 1. The average molecular weight is 322 g/mol. The van der Waals surface area contributed by atoms with Crippen molar-refractivity contribution in [1.82, 2.24) is 5.43 Å². The number of hydrogen-bond donors (Lipinski definition) is 2. The van der Waals surface area contributed by atoms with Crippen LogP contribution in [-0.2, 0) is 4.79 Å². The van der Waals surface area contributed by atoms with Crippen LogP contribution in [0.2, 0.25) is 0 Å². The lowest BCUT2D eigenvalue weighted by atomic mass is 10.3. The monoisotopic (exact) mass is 321 g/mol. The van der Waals surface area contributed by atoms with Gasteiger partial charge in [0.25, 0.3) is 5.91 Å². The Labute approximate surface area is 118 Å². The molecule has 0 aliphatic carbocycles. The maximum Gasteiger partial charge on any atom is 0.259 e. The highest BCUT2D eigenvalue weighted by Crippen LogP contribution is 2.15. The van der Waals surface area contributed by atoms with Gasteiger partial charge in [0.05, 0.1) is 19.0 Å². The third-order valence-electron chi connectivity index (χ3n) is 2.20. The Morgan fingerprint density at radius 2 is 2.26 bits per heavy atom. The van der Waals surface area contributed by atoms with Crippen LogP contribution in [0.5, 0.6) is 0 Å². The second-order valence-corrected chi connectivity index (χ2v) is 4.59. The van der Waals surface area contributed by atoms with Crippen LogP contribution >= 0.6 is 15.9 Å². The van der Waals surface area contributed by atoms with Crippen molar-refractivity contribution < 1.29 is 9.21 Å². The van der Waals surface area contributed by atoms with Crippen LogP contribution in [0.25, 0.3) is 0 Å². The molecule has 1 aromatic heterocycles. The molecule has 0 saturated heterocycles. The van der Waals surface area contributed by atoms with Crippen molar-refractivity contribution >= 4 is 33.7 Å². The van der Waals surface area contributed by atoms with Crippen LogP contribution in [0, 0.1) is 0 Å². The Morgan fingerprint density at radius 3 is 3.00 bits per heavy atom. The van der Waals surface area contributed by atoms with Crippen LogP contribution in [-0.4, -0.2) is 18.7 Å². The zero-order chi connectivity index (χ0) is 13.5. The van der Waals surface area contributed by atoms with Gasteiger partial charge in [-0.25, -0.2) is 5.43 Å². The van der Waals surface area contributed by atoms with Crippen LogP contribution in [0.3, 0.4) is 0 Å². The highest BCUT2D eigenvalue weighted by Gasteiger charge is 1.99. The van der Waals surface area contributed by atoms with Gasteiger partial charge in [0.2, 0.25) is 0 Å². The molecule has 0 spiro atoms. The molecule has 5 nitrogen and oxygen atoms in total. The number of furan rings is 1. The summed E-state index contributed by atoms with van der Waals surface area (Å²) in [5.41, 5.74) is 3.26. The highest BCUT2D eigenvalue weighted by atomic mass is 79.9. The van der Waals surface area contributed by atoms with Crippen LogP contribution < -0.4 is 10.7 Å². The van der Waals surface area contributed by atoms with E-state index >= 15 is 0 Å². The van der Waals surface area contributed by atoms with Gasteiger partial charge in [-0.15, -0.1) is 0 Å². The van der Waals surface area contributed by atoms with Gasteiger partial charge < -0.3 is 9.73 Å². The molecular weight excluding hydrogens is 310 g/mol. The third kappa shape index (κ3) is 4.59. The molecule has 0 unspecified atom stereocenters. The van der Waals surface area contributed by atoms with Gasteiger partial charge in [-0.1, -0.05) is 22.0 Å². The minimum absolute atomic E-state index is 0.145. The standard InChI is InChI=1S/C13H12BrN3O2/c14-10-3-1-4-11(7-10)15-9-13(18)17-16-8-12-5-2-6-19-12/h1-8,15H,9H2,(H,17,18)/b16-8+. The lowest BCUT2D eigenvalue weighted by Crippen LogP contribution is -2.25. The Hall–Kier alpha value is -2.08. The predicted octanol–water partition coefficient (Wildman–Crippen LogP) is 2.60. The van der Waals surface area contributed by atoms with E-state index in [4.69, 9.17) is 4.42 Å². The molecule has 0 bridgehead atoms. The van der Waals surface area contributed by atoms with E-state index in [2.05, 4.69) is 31.8 Å². The van der Waals surface area contributed by atoms with Gasteiger partial charge in [0.15, 0.2) is 0 Å². The van der Waals surface area contributed by atoms with Gasteiger partial charge in [-0.3, -0.25) is 4.79 Å². The Balaban J connectivity index is 1.76. The summed E-state index contributed by atoms with van der Waals surface area (Å²) in [7, 11) is 0. The number of carbonyl (C=O) groups excluding carboxylic acids is 1. The first-order valence-corrected chi connectivity index (χ1v) is 6.38. The maximum atomic E-state index is 11.5. The molecule has 0 aliphatic heterocycles. The molecule has 6 heteroatoms. The molecule has 2 aromatic rings.